The number of aromatic nitrogens is 1. The molecule has 0 radical (unpaired) electrons. The number of nitrogens with one attached hydrogen (secondary N) is 2. The van der Waals surface area contributed by atoms with Gasteiger partial charge in [0.2, 0.25) is 0 Å². The molecule has 0 unspecified atom stereocenters. The van der Waals surface area contributed by atoms with E-state index >= 15 is 0 Å². The topological polar surface area (TPSA) is 63.2 Å². The Morgan fingerprint density at radius 2 is 1.62 bits per heavy atom. The highest BCUT2D eigenvalue weighted by Crippen LogP contribution is 2.38. The van der Waals surface area contributed by atoms with Crippen LogP contribution in [0.25, 0.3) is 11.1 Å². The van der Waals surface area contributed by atoms with Crippen LogP contribution in [-0.2, 0) is 6.61 Å². The predicted octanol–water partition coefficient (Wildman–Crippen LogP) is 5.59. The highest BCUT2D eigenvalue weighted by atomic mass is 16.5. The third-order valence-electron chi connectivity index (χ3n) is 5.69. The molecule has 1 aliphatic rings. The van der Waals surface area contributed by atoms with Gasteiger partial charge in [-0.15, -0.1) is 0 Å². The molecule has 1 aromatic heterocycles. The summed E-state index contributed by atoms with van der Waals surface area (Å²) in [5.74, 6) is 0.827. The van der Waals surface area contributed by atoms with Crippen molar-refractivity contribution in [3.63, 3.8) is 0 Å². The van der Waals surface area contributed by atoms with Crippen LogP contribution < -0.4 is 15.4 Å². The summed E-state index contributed by atoms with van der Waals surface area (Å²) in [5, 5.41) is 5.96. The van der Waals surface area contributed by atoms with E-state index in [1.54, 1.807) is 6.20 Å². The molecule has 0 saturated heterocycles. The van der Waals surface area contributed by atoms with Crippen molar-refractivity contribution in [3.8, 4) is 16.9 Å². The second kappa shape index (κ2) is 8.94. The number of ether oxygens (including phenoxy) is 1. The summed E-state index contributed by atoms with van der Waals surface area (Å²) in [6, 6.07) is 27.9. The molecule has 5 rings (SSSR count). The van der Waals surface area contributed by atoms with Crippen LogP contribution in [0.15, 0.2) is 97.3 Å². The number of fused-ring (bicyclic) bond motifs is 3. The number of carbonyl (C=O) groups is 1. The predicted molar refractivity (Wildman–Crippen MR) is 126 cm³/mol. The quantitative estimate of drug-likeness (QED) is 0.441. The minimum absolute atomic E-state index is 0.0696. The van der Waals surface area contributed by atoms with Gasteiger partial charge in [-0.05, 0) is 34.9 Å². The van der Waals surface area contributed by atoms with Crippen molar-refractivity contribution in [1.29, 1.82) is 0 Å². The fraction of sp³-hybridized carbons (Fsp3) is 0.111. The van der Waals surface area contributed by atoms with Crippen molar-refractivity contribution in [2.75, 3.05) is 11.9 Å². The van der Waals surface area contributed by atoms with Crippen LogP contribution in [0.1, 0.15) is 22.6 Å². The van der Waals surface area contributed by atoms with Gasteiger partial charge in [0.1, 0.15) is 12.4 Å². The second-order valence-corrected chi connectivity index (χ2v) is 7.74. The number of pyridine rings is 1. The van der Waals surface area contributed by atoms with E-state index in [1.165, 1.54) is 0 Å². The standard InChI is InChI=1S/C27H23N3O2/c31-27(29-17-25(19-7-3-1-4-8-19)20-9-5-2-6-10-20)30-22-11-12-24-23-13-14-28-16-21(23)18-32-26(24)15-22/h1-16,25H,17-18H2,(H2,29,30,31). The van der Waals surface area contributed by atoms with Crippen LogP contribution in [0.5, 0.6) is 5.75 Å². The van der Waals surface area contributed by atoms with Crippen LogP contribution in [0.2, 0.25) is 0 Å². The lowest BCUT2D eigenvalue weighted by molar-refractivity contribution is 0.252. The van der Waals surface area contributed by atoms with Crippen LogP contribution in [-0.4, -0.2) is 17.6 Å². The van der Waals surface area contributed by atoms with Gasteiger partial charge in [-0.1, -0.05) is 60.7 Å². The largest absolute Gasteiger partial charge is 0.488 e. The molecule has 2 heterocycles. The molecule has 0 saturated carbocycles. The highest BCUT2D eigenvalue weighted by molar-refractivity contribution is 5.90. The van der Waals surface area contributed by atoms with E-state index in [-0.39, 0.29) is 11.9 Å². The maximum Gasteiger partial charge on any atom is 0.319 e. The third kappa shape index (κ3) is 4.18. The van der Waals surface area contributed by atoms with E-state index in [0.717, 1.165) is 33.6 Å². The molecule has 158 valence electrons. The zero-order chi connectivity index (χ0) is 21.8. The Hall–Kier alpha value is -4.12. The van der Waals surface area contributed by atoms with E-state index in [4.69, 9.17) is 4.74 Å². The van der Waals surface area contributed by atoms with Gasteiger partial charge >= 0.3 is 6.03 Å². The highest BCUT2D eigenvalue weighted by Gasteiger charge is 2.19. The van der Waals surface area contributed by atoms with Crippen LogP contribution in [0.4, 0.5) is 10.5 Å². The molecule has 0 spiro atoms. The smallest absolute Gasteiger partial charge is 0.319 e. The Labute approximate surface area is 187 Å². The van der Waals surface area contributed by atoms with Crippen molar-refractivity contribution >= 4 is 11.7 Å². The number of anilines is 1. The van der Waals surface area contributed by atoms with E-state index in [9.17, 15) is 4.79 Å². The van der Waals surface area contributed by atoms with E-state index < -0.39 is 0 Å². The van der Waals surface area contributed by atoms with Gasteiger partial charge in [0.15, 0.2) is 0 Å². The van der Waals surface area contributed by atoms with Crippen molar-refractivity contribution in [2.45, 2.75) is 12.5 Å². The first-order valence-electron chi connectivity index (χ1n) is 10.6. The molecule has 1 aliphatic heterocycles. The molecule has 0 aliphatic carbocycles. The molecule has 2 N–H and O–H groups in total. The molecular weight excluding hydrogens is 398 g/mol. The van der Waals surface area contributed by atoms with Crippen LogP contribution in [0.3, 0.4) is 0 Å². The zero-order valence-electron chi connectivity index (χ0n) is 17.5. The average Bonchev–Trinajstić information content (AvgIpc) is 2.85. The van der Waals surface area contributed by atoms with Crippen LogP contribution in [0, 0.1) is 0 Å². The Morgan fingerprint density at radius 1 is 0.906 bits per heavy atom. The summed E-state index contributed by atoms with van der Waals surface area (Å²) < 4.78 is 5.87. The summed E-state index contributed by atoms with van der Waals surface area (Å²) >= 11 is 0. The average molecular weight is 422 g/mol. The zero-order valence-corrected chi connectivity index (χ0v) is 17.5. The molecule has 0 bridgehead atoms. The second-order valence-electron chi connectivity index (χ2n) is 7.74. The maximum atomic E-state index is 12.7. The fourth-order valence-corrected chi connectivity index (χ4v) is 4.07. The summed E-state index contributed by atoms with van der Waals surface area (Å²) in [6.07, 6.45) is 3.61. The maximum absolute atomic E-state index is 12.7. The first-order chi connectivity index (χ1) is 15.8. The van der Waals surface area contributed by atoms with Gasteiger partial charge in [-0.2, -0.15) is 0 Å². The lowest BCUT2D eigenvalue weighted by atomic mass is 9.91. The monoisotopic (exact) mass is 421 g/mol. The molecule has 4 aromatic rings. The first-order valence-corrected chi connectivity index (χ1v) is 10.6. The minimum Gasteiger partial charge on any atom is -0.488 e. The first kappa shape index (κ1) is 19.8. The number of amides is 2. The van der Waals surface area contributed by atoms with Crippen molar-refractivity contribution in [1.82, 2.24) is 10.3 Å². The lowest BCUT2D eigenvalue weighted by Gasteiger charge is -2.21. The Balaban J connectivity index is 1.29. The Morgan fingerprint density at radius 3 is 2.34 bits per heavy atom. The lowest BCUT2D eigenvalue weighted by Crippen LogP contribution is -2.32. The number of benzene rings is 3. The number of hydrogen-bond donors (Lipinski definition) is 2. The van der Waals surface area contributed by atoms with Gasteiger partial charge in [-0.25, -0.2) is 4.79 Å². The van der Waals surface area contributed by atoms with Crippen molar-refractivity contribution < 1.29 is 9.53 Å². The molecule has 5 nitrogen and oxygen atoms in total. The Bertz CT molecular complexity index is 1190. The number of hydrogen-bond acceptors (Lipinski definition) is 3. The molecule has 0 atom stereocenters. The molecule has 5 heteroatoms. The van der Waals surface area contributed by atoms with Gasteiger partial charge in [-0.3, -0.25) is 4.98 Å². The summed E-state index contributed by atoms with van der Waals surface area (Å²) in [6.45, 7) is 0.962. The van der Waals surface area contributed by atoms with Crippen molar-refractivity contribution in [2.24, 2.45) is 0 Å². The molecule has 3 aromatic carbocycles. The van der Waals surface area contributed by atoms with Gasteiger partial charge in [0.05, 0.1) is 0 Å². The fourth-order valence-electron chi connectivity index (χ4n) is 4.07. The number of urea groups is 1. The SMILES string of the molecule is O=C(NCC(c1ccccc1)c1ccccc1)Nc1ccc2c(c1)OCc1cnccc1-2. The molecule has 2 amide bonds. The number of rotatable bonds is 5. The van der Waals surface area contributed by atoms with E-state index in [1.807, 2.05) is 66.9 Å². The van der Waals surface area contributed by atoms with E-state index in [2.05, 4.69) is 39.9 Å². The molecule has 32 heavy (non-hydrogen) atoms. The Kier molecular flexibility index (Phi) is 5.54. The summed E-state index contributed by atoms with van der Waals surface area (Å²) in [5.41, 5.74) is 6.20. The third-order valence-corrected chi connectivity index (χ3v) is 5.69. The summed E-state index contributed by atoms with van der Waals surface area (Å²) in [7, 11) is 0. The summed E-state index contributed by atoms with van der Waals surface area (Å²) in [4.78, 5) is 16.8. The van der Waals surface area contributed by atoms with Gasteiger partial charge < -0.3 is 15.4 Å². The number of nitrogens with zero attached hydrogens (tertiary/aromatic N) is 1. The normalized spacial score (nSPS) is 11.8. The van der Waals surface area contributed by atoms with Gasteiger partial charge in [0.25, 0.3) is 0 Å². The van der Waals surface area contributed by atoms with Crippen molar-refractivity contribution in [3.05, 3.63) is 114 Å². The van der Waals surface area contributed by atoms with Gasteiger partial charge in [0, 0.05) is 47.7 Å². The number of carbonyl (C=O) groups excluding carboxylic acids is 1. The molecular formula is C27H23N3O2. The van der Waals surface area contributed by atoms with E-state index in [0.29, 0.717) is 18.8 Å². The molecule has 0 fully saturated rings. The minimum atomic E-state index is -0.248. The van der Waals surface area contributed by atoms with Crippen LogP contribution >= 0.6 is 0 Å².